The number of hydrogen-bond donors (Lipinski definition) is 0. The number of halogens is 1. The molecule has 0 unspecified atom stereocenters. The summed E-state index contributed by atoms with van der Waals surface area (Å²) in [6.45, 7) is 2.11. The molecule has 1 saturated carbocycles. The lowest BCUT2D eigenvalue weighted by Crippen LogP contribution is -1.94. The smallest absolute Gasteiger partial charge is 0.134 e. The maximum absolute atomic E-state index is 6.06. The summed E-state index contributed by atoms with van der Waals surface area (Å²) in [6.07, 6.45) is 2.39. The van der Waals surface area contributed by atoms with Gasteiger partial charge >= 0.3 is 0 Å². The summed E-state index contributed by atoms with van der Waals surface area (Å²) in [6, 6.07) is 10.4. The van der Waals surface area contributed by atoms with E-state index in [2.05, 4.69) is 41.2 Å². The Bertz CT molecular complexity index is 596. The van der Waals surface area contributed by atoms with Gasteiger partial charge in [-0.05, 0) is 25.3 Å². The minimum absolute atomic E-state index is 0.539. The average molecular weight is 291 g/mol. The second kappa shape index (κ2) is 5.51. The van der Waals surface area contributed by atoms with Crippen LogP contribution >= 0.6 is 23.4 Å². The highest BCUT2D eigenvalue weighted by Crippen LogP contribution is 2.39. The summed E-state index contributed by atoms with van der Waals surface area (Å²) >= 11 is 7.78. The van der Waals surface area contributed by atoms with Crippen LogP contribution in [0.4, 0.5) is 0 Å². The van der Waals surface area contributed by atoms with Gasteiger partial charge in [-0.1, -0.05) is 41.4 Å². The van der Waals surface area contributed by atoms with Crippen molar-refractivity contribution in [3.05, 3.63) is 52.4 Å². The molecule has 0 radical (unpaired) electrons. The van der Waals surface area contributed by atoms with Crippen LogP contribution in [0.25, 0.3) is 0 Å². The molecular weight excluding hydrogens is 276 g/mol. The van der Waals surface area contributed by atoms with Crippen LogP contribution in [0.2, 0.25) is 5.15 Å². The summed E-state index contributed by atoms with van der Waals surface area (Å²) in [7, 11) is 0. The molecule has 0 atom stereocenters. The molecule has 0 amide bonds. The third-order valence-electron chi connectivity index (χ3n) is 3.10. The standard InChI is InChI=1S/C15H15ClN2S/c1-10-3-2-4-11(7-10)9-19-14-8-13(16)17-15(18-14)12-5-6-12/h2-4,7-8,12H,5-6,9H2,1H3. The van der Waals surface area contributed by atoms with Crippen LogP contribution in [0.3, 0.4) is 0 Å². The van der Waals surface area contributed by atoms with Crippen LogP contribution in [-0.2, 0) is 5.75 Å². The van der Waals surface area contributed by atoms with E-state index in [-0.39, 0.29) is 0 Å². The first kappa shape index (κ1) is 12.9. The molecule has 2 nitrogen and oxygen atoms in total. The zero-order valence-corrected chi connectivity index (χ0v) is 12.3. The van der Waals surface area contributed by atoms with Gasteiger partial charge in [-0.25, -0.2) is 9.97 Å². The first-order valence-corrected chi connectivity index (χ1v) is 7.80. The molecule has 4 heteroatoms. The second-order valence-corrected chi connectivity index (χ2v) is 6.32. The van der Waals surface area contributed by atoms with E-state index < -0.39 is 0 Å². The first-order chi connectivity index (χ1) is 9.20. The summed E-state index contributed by atoms with van der Waals surface area (Å²) in [5.41, 5.74) is 2.60. The number of benzene rings is 1. The average Bonchev–Trinajstić information content (AvgIpc) is 3.20. The molecule has 0 saturated heterocycles. The zero-order valence-electron chi connectivity index (χ0n) is 10.8. The lowest BCUT2D eigenvalue weighted by Gasteiger charge is -2.05. The van der Waals surface area contributed by atoms with E-state index >= 15 is 0 Å². The highest BCUT2D eigenvalue weighted by Gasteiger charge is 2.27. The van der Waals surface area contributed by atoms with Gasteiger partial charge in [-0.2, -0.15) is 0 Å². The van der Waals surface area contributed by atoms with Crippen LogP contribution in [0.15, 0.2) is 35.4 Å². The molecule has 98 valence electrons. The van der Waals surface area contributed by atoms with Crippen molar-refractivity contribution in [2.24, 2.45) is 0 Å². The number of rotatable bonds is 4. The van der Waals surface area contributed by atoms with Crippen molar-refractivity contribution in [3.8, 4) is 0 Å². The quantitative estimate of drug-likeness (QED) is 0.607. The molecular formula is C15H15ClN2S. The Morgan fingerprint density at radius 2 is 2.11 bits per heavy atom. The maximum Gasteiger partial charge on any atom is 0.134 e. The van der Waals surface area contributed by atoms with Gasteiger partial charge in [-0.15, -0.1) is 11.8 Å². The summed E-state index contributed by atoms with van der Waals surface area (Å²) < 4.78 is 0. The third-order valence-corrected chi connectivity index (χ3v) is 4.28. The molecule has 1 aromatic heterocycles. The van der Waals surface area contributed by atoms with Crippen molar-refractivity contribution in [1.29, 1.82) is 0 Å². The highest BCUT2D eigenvalue weighted by atomic mass is 35.5. The van der Waals surface area contributed by atoms with Crippen molar-refractivity contribution >= 4 is 23.4 Å². The predicted octanol–water partition coefficient (Wildman–Crippen LogP) is 4.61. The summed E-state index contributed by atoms with van der Waals surface area (Å²) in [5, 5.41) is 1.53. The van der Waals surface area contributed by atoms with E-state index in [1.807, 2.05) is 6.07 Å². The monoisotopic (exact) mass is 290 g/mol. The van der Waals surface area contributed by atoms with Crippen molar-refractivity contribution in [2.75, 3.05) is 0 Å². The highest BCUT2D eigenvalue weighted by molar-refractivity contribution is 7.98. The minimum atomic E-state index is 0.539. The Labute approximate surface area is 122 Å². The number of aryl methyl sites for hydroxylation is 1. The van der Waals surface area contributed by atoms with E-state index in [1.165, 1.54) is 24.0 Å². The molecule has 1 aliphatic carbocycles. The number of nitrogens with zero attached hydrogens (tertiary/aromatic N) is 2. The molecule has 2 aromatic rings. The number of aromatic nitrogens is 2. The molecule has 1 aromatic carbocycles. The molecule has 0 N–H and O–H groups in total. The molecule has 3 rings (SSSR count). The lowest BCUT2D eigenvalue weighted by molar-refractivity contribution is 0.878. The summed E-state index contributed by atoms with van der Waals surface area (Å²) in [5.74, 6) is 2.37. The first-order valence-electron chi connectivity index (χ1n) is 6.43. The Hall–Kier alpha value is -1.06. The zero-order chi connectivity index (χ0) is 13.2. The van der Waals surface area contributed by atoms with Gasteiger partial charge < -0.3 is 0 Å². The fourth-order valence-electron chi connectivity index (χ4n) is 1.97. The maximum atomic E-state index is 6.06. The number of hydrogen-bond acceptors (Lipinski definition) is 3. The van der Waals surface area contributed by atoms with Crippen molar-refractivity contribution < 1.29 is 0 Å². The topological polar surface area (TPSA) is 25.8 Å². The molecule has 1 aliphatic rings. The van der Waals surface area contributed by atoms with Crippen molar-refractivity contribution in [2.45, 2.75) is 36.5 Å². The Balaban J connectivity index is 1.72. The third kappa shape index (κ3) is 3.48. The van der Waals surface area contributed by atoms with Gasteiger partial charge in [0.1, 0.15) is 16.0 Å². The Kier molecular flexibility index (Phi) is 3.76. The van der Waals surface area contributed by atoms with E-state index in [0.717, 1.165) is 16.6 Å². The minimum Gasteiger partial charge on any atom is -0.226 e. The molecule has 19 heavy (non-hydrogen) atoms. The largest absolute Gasteiger partial charge is 0.226 e. The van der Waals surface area contributed by atoms with Gasteiger partial charge in [0.05, 0.1) is 0 Å². The van der Waals surface area contributed by atoms with Crippen LogP contribution in [0.5, 0.6) is 0 Å². The molecule has 0 spiro atoms. The van der Waals surface area contributed by atoms with Gasteiger partial charge in [-0.3, -0.25) is 0 Å². The molecule has 0 bridgehead atoms. The SMILES string of the molecule is Cc1cccc(CSc2cc(Cl)nc(C3CC3)n2)c1. The Morgan fingerprint density at radius 1 is 1.26 bits per heavy atom. The fourth-order valence-corrected chi connectivity index (χ4v) is 3.07. The fraction of sp³-hybridized carbons (Fsp3) is 0.333. The molecule has 0 aliphatic heterocycles. The van der Waals surface area contributed by atoms with E-state index in [9.17, 15) is 0 Å². The van der Waals surface area contributed by atoms with Crippen molar-refractivity contribution in [1.82, 2.24) is 9.97 Å². The van der Waals surface area contributed by atoms with Gasteiger partial charge in [0.15, 0.2) is 0 Å². The number of thioether (sulfide) groups is 1. The van der Waals surface area contributed by atoms with Crippen molar-refractivity contribution in [3.63, 3.8) is 0 Å². The lowest BCUT2D eigenvalue weighted by atomic mass is 10.2. The van der Waals surface area contributed by atoms with Crippen LogP contribution < -0.4 is 0 Å². The van der Waals surface area contributed by atoms with Crippen LogP contribution in [-0.4, -0.2) is 9.97 Å². The summed E-state index contributed by atoms with van der Waals surface area (Å²) in [4.78, 5) is 8.91. The molecule has 1 heterocycles. The molecule has 1 fully saturated rings. The van der Waals surface area contributed by atoms with Gasteiger partial charge in [0, 0.05) is 17.7 Å². The van der Waals surface area contributed by atoms with E-state index in [0.29, 0.717) is 11.1 Å². The van der Waals surface area contributed by atoms with Gasteiger partial charge in [0.25, 0.3) is 0 Å². The predicted molar refractivity (Wildman–Crippen MR) is 79.8 cm³/mol. The van der Waals surface area contributed by atoms with E-state index in [1.54, 1.807) is 11.8 Å². The van der Waals surface area contributed by atoms with E-state index in [4.69, 9.17) is 11.6 Å². The van der Waals surface area contributed by atoms with Gasteiger partial charge in [0.2, 0.25) is 0 Å². The van der Waals surface area contributed by atoms with Crippen LogP contribution in [0, 0.1) is 6.92 Å². The second-order valence-electron chi connectivity index (χ2n) is 4.94. The Morgan fingerprint density at radius 3 is 2.84 bits per heavy atom. The van der Waals surface area contributed by atoms with Crippen LogP contribution in [0.1, 0.15) is 35.7 Å². The normalized spacial score (nSPS) is 14.6.